The van der Waals surface area contributed by atoms with E-state index in [1.165, 1.54) is 0 Å². The Morgan fingerprint density at radius 2 is 1.83 bits per heavy atom. The smallest absolute Gasteiger partial charge is 0.426 e. The third-order valence-electron chi connectivity index (χ3n) is 6.36. The lowest BCUT2D eigenvalue weighted by Crippen LogP contribution is -2.56. The van der Waals surface area contributed by atoms with Crippen LogP contribution in [0.25, 0.3) is 10.8 Å². The molecule has 0 saturated heterocycles. The highest BCUT2D eigenvalue weighted by Crippen LogP contribution is 2.29. The molecule has 2 aromatic carbocycles. The lowest BCUT2D eigenvalue weighted by Gasteiger charge is -2.29. The molecule has 2 atom stereocenters. The standard InChI is InChI=1S/C27H33BN4O4/c1-19(2)14-25(28(34)35)31-26(33)27(15-20-8-4-3-5-9-20)16-22(32-36-27)17-29-18-24-23-11-7-6-10-21(23)12-13-30-24/h3-13,19,25,29,34-35H,14-18H2,1-2H3,(H,31,33). The van der Waals surface area contributed by atoms with Crippen molar-refractivity contribution in [1.29, 1.82) is 0 Å². The van der Waals surface area contributed by atoms with E-state index in [0.717, 1.165) is 22.0 Å². The molecule has 188 valence electrons. The van der Waals surface area contributed by atoms with Gasteiger partial charge in [0.05, 0.1) is 17.3 Å². The highest BCUT2D eigenvalue weighted by Gasteiger charge is 2.47. The summed E-state index contributed by atoms with van der Waals surface area (Å²) in [6.45, 7) is 4.91. The first kappa shape index (κ1) is 25.8. The van der Waals surface area contributed by atoms with Gasteiger partial charge in [0, 0.05) is 37.5 Å². The van der Waals surface area contributed by atoms with Crippen molar-refractivity contribution in [2.45, 2.75) is 51.2 Å². The first-order valence-corrected chi connectivity index (χ1v) is 12.3. The van der Waals surface area contributed by atoms with E-state index in [9.17, 15) is 14.8 Å². The minimum Gasteiger partial charge on any atom is -0.426 e. The van der Waals surface area contributed by atoms with Crippen LogP contribution in [0, 0.1) is 5.92 Å². The van der Waals surface area contributed by atoms with Crippen LogP contribution in [0.15, 0.2) is 72.0 Å². The minimum absolute atomic E-state index is 0.172. The van der Waals surface area contributed by atoms with Crippen molar-refractivity contribution in [2.24, 2.45) is 11.1 Å². The van der Waals surface area contributed by atoms with Gasteiger partial charge in [0.2, 0.25) is 5.60 Å². The summed E-state index contributed by atoms with van der Waals surface area (Å²) in [5.41, 5.74) is 1.32. The average Bonchev–Trinajstić information content (AvgIpc) is 3.28. The fraction of sp³-hybridized carbons (Fsp3) is 0.370. The number of nitrogens with zero attached hydrogens (tertiary/aromatic N) is 2. The molecule has 36 heavy (non-hydrogen) atoms. The largest absolute Gasteiger partial charge is 0.475 e. The number of pyridine rings is 1. The fourth-order valence-electron chi connectivity index (χ4n) is 4.57. The molecule has 3 aromatic rings. The molecule has 1 aliphatic rings. The van der Waals surface area contributed by atoms with E-state index in [4.69, 9.17) is 4.84 Å². The van der Waals surface area contributed by atoms with Crippen LogP contribution in [-0.4, -0.2) is 51.9 Å². The van der Waals surface area contributed by atoms with Crippen LogP contribution in [0.2, 0.25) is 0 Å². The number of nitrogens with one attached hydrogen (secondary N) is 2. The molecule has 1 aliphatic heterocycles. The molecule has 0 saturated carbocycles. The summed E-state index contributed by atoms with van der Waals surface area (Å²) in [6, 6.07) is 19.7. The molecular formula is C27H33BN4O4. The molecule has 1 aromatic heterocycles. The third kappa shape index (κ3) is 6.29. The minimum atomic E-state index is -1.67. The van der Waals surface area contributed by atoms with Crippen molar-refractivity contribution in [3.8, 4) is 0 Å². The second-order valence-corrected chi connectivity index (χ2v) is 9.79. The molecule has 0 fully saturated rings. The molecule has 4 N–H and O–H groups in total. The molecule has 9 heteroatoms. The van der Waals surface area contributed by atoms with Gasteiger partial charge in [-0.2, -0.15) is 0 Å². The van der Waals surface area contributed by atoms with Gasteiger partial charge in [-0.25, -0.2) is 0 Å². The second kappa shape index (κ2) is 11.6. The van der Waals surface area contributed by atoms with Gasteiger partial charge in [-0.1, -0.05) is 73.6 Å². The maximum atomic E-state index is 13.5. The maximum absolute atomic E-state index is 13.5. The summed E-state index contributed by atoms with van der Waals surface area (Å²) in [6.07, 6.45) is 2.83. The summed E-state index contributed by atoms with van der Waals surface area (Å²) in [5, 5.41) is 32.3. The van der Waals surface area contributed by atoms with E-state index in [1.807, 2.05) is 68.4 Å². The number of fused-ring (bicyclic) bond motifs is 1. The molecule has 1 amide bonds. The number of oxime groups is 1. The number of carbonyl (C=O) groups is 1. The fourth-order valence-corrected chi connectivity index (χ4v) is 4.57. The Labute approximate surface area is 211 Å². The molecule has 2 heterocycles. The summed E-state index contributed by atoms with van der Waals surface area (Å²) in [4.78, 5) is 23.8. The summed E-state index contributed by atoms with van der Waals surface area (Å²) in [5.74, 6) is -1.03. The Bertz CT molecular complexity index is 1200. The van der Waals surface area contributed by atoms with Crippen LogP contribution in [-0.2, 0) is 22.6 Å². The van der Waals surface area contributed by atoms with Crippen LogP contribution in [0.3, 0.4) is 0 Å². The predicted molar refractivity (Wildman–Crippen MR) is 141 cm³/mol. The zero-order valence-electron chi connectivity index (χ0n) is 20.7. The average molecular weight is 488 g/mol. The molecular weight excluding hydrogens is 455 g/mol. The summed E-state index contributed by atoms with van der Waals surface area (Å²) >= 11 is 0. The van der Waals surface area contributed by atoms with E-state index >= 15 is 0 Å². The number of rotatable bonds is 11. The number of amides is 1. The number of hydrogen-bond acceptors (Lipinski definition) is 7. The predicted octanol–water partition coefficient (Wildman–Crippen LogP) is 2.63. The molecule has 8 nitrogen and oxygen atoms in total. The van der Waals surface area contributed by atoms with Crippen LogP contribution in [0.1, 0.15) is 37.9 Å². The highest BCUT2D eigenvalue weighted by atomic mass is 16.7. The van der Waals surface area contributed by atoms with Crippen LogP contribution >= 0.6 is 0 Å². The van der Waals surface area contributed by atoms with Gasteiger partial charge in [0.1, 0.15) is 0 Å². The van der Waals surface area contributed by atoms with Gasteiger partial charge < -0.3 is 25.5 Å². The summed E-state index contributed by atoms with van der Waals surface area (Å²) in [7, 11) is -1.67. The van der Waals surface area contributed by atoms with Gasteiger partial charge in [-0.15, -0.1) is 0 Å². The Kier molecular flexibility index (Phi) is 8.35. The monoisotopic (exact) mass is 488 g/mol. The van der Waals surface area contributed by atoms with Crippen LogP contribution in [0.4, 0.5) is 0 Å². The Balaban J connectivity index is 1.45. The number of hydrogen-bond donors (Lipinski definition) is 4. The van der Waals surface area contributed by atoms with Crippen molar-refractivity contribution >= 4 is 29.5 Å². The molecule has 0 spiro atoms. The first-order valence-electron chi connectivity index (χ1n) is 12.3. The molecule has 0 bridgehead atoms. The van der Waals surface area contributed by atoms with E-state index in [-0.39, 0.29) is 5.92 Å². The van der Waals surface area contributed by atoms with E-state index in [1.54, 1.807) is 6.20 Å². The van der Waals surface area contributed by atoms with Crippen molar-refractivity contribution < 1.29 is 19.7 Å². The molecule has 4 rings (SSSR count). The molecule has 0 radical (unpaired) electrons. The van der Waals surface area contributed by atoms with Gasteiger partial charge in [-0.3, -0.25) is 9.78 Å². The SMILES string of the molecule is CC(C)CC(NC(=O)C1(Cc2ccccc2)CC(CNCc2nccc3ccccc23)=NO1)B(O)O. The van der Waals surface area contributed by atoms with E-state index in [0.29, 0.717) is 38.1 Å². The van der Waals surface area contributed by atoms with Crippen molar-refractivity contribution in [3.63, 3.8) is 0 Å². The number of benzene rings is 2. The Morgan fingerprint density at radius 3 is 2.58 bits per heavy atom. The van der Waals surface area contributed by atoms with Gasteiger partial charge in [0.15, 0.2) is 0 Å². The number of carbonyl (C=O) groups excluding carboxylic acids is 1. The van der Waals surface area contributed by atoms with Crippen molar-refractivity contribution in [3.05, 3.63) is 78.1 Å². The topological polar surface area (TPSA) is 116 Å². The Hall–Kier alpha value is -3.27. The molecule has 2 unspecified atom stereocenters. The zero-order chi connectivity index (χ0) is 25.5. The third-order valence-corrected chi connectivity index (χ3v) is 6.36. The lowest BCUT2D eigenvalue weighted by atomic mass is 9.74. The van der Waals surface area contributed by atoms with Gasteiger partial charge in [-0.05, 0) is 29.4 Å². The zero-order valence-corrected chi connectivity index (χ0v) is 20.7. The Morgan fingerprint density at radius 1 is 1.08 bits per heavy atom. The lowest BCUT2D eigenvalue weighted by molar-refractivity contribution is -0.144. The normalized spacial score (nSPS) is 18.1. The molecule has 0 aliphatic carbocycles. The highest BCUT2D eigenvalue weighted by molar-refractivity contribution is 6.43. The van der Waals surface area contributed by atoms with Gasteiger partial charge in [0.25, 0.3) is 5.91 Å². The maximum Gasteiger partial charge on any atom is 0.475 e. The van der Waals surface area contributed by atoms with E-state index in [2.05, 4.69) is 26.8 Å². The van der Waals surface area contributed by atoms with Crippen molar-refractivity contribution in [2.75, 3.05) is 6.54 Å². The second-order valence-electron chi connectivity index (χ2n) is 9.79. The van der Waals surface area contributed by atoms with E-state index < -0.39 is 24.6 Å². The quantitative estimate of drug-likeness (QED) is 0.309. The first-order chi connectivity index (χ1) is 17.4. The van der Waals surface area contributed by atoms with Gasteiger partial charge >= 0.3 is 7.12 Å². The van der Waals surface area contributed by atoms with Crippen LogP contribution in [0.5, 0.6) is 0 Å². The van der Waals surface area contributed by atoms with Crippen molar-refractivity contribution in [1.82, 2.24) is 15.6 Å². The number of aromatic nitrogens is 1. The summed E-state index contributed by atoms with van der Waals surface area (Å²) < 4.78 is 0. The van der Waals surface area contributed by atoms with Crippen LogP contribution < -0.4 is 10.6 Å².